The molecule has 0 heterocycles. The zero-order valence-electron chi connectivity index (χ0n) is 10.6. The third-order valence-electron chi connectivity index (χ3n) is 3.29. The van der Waals surface area contributed by atoms with Crippen molar-refractivity contribution < 1.29 is 0 Å². The van der Waals surface area contributed by atoms with E-state index in [9.17, 15) is 0 Å². The smallest absolute Gasteiger partial charge is 0.0129 e. The lowest BCUT2D eigenvalue weighted by Crippen LogP contribution is -2.14. The van der Waals surface area contributed by atoms with Crippen molar-refractivity contribution in [2.75, 3.05) is 0 Å². The zero-order chi connectivity index (χ0) is 11.1. The minimum absolute atomic E-state index is 0.257. The highest BCUT2D eigenvalue weighted by Crippen LogP contribution is 2.30. The van der Waals surface area contributed by atoms with Gasteiger partial charge in [-0.3, -0.25) is 0 Å². The summed E-state index contributed by atoms with van der Waals surface area (Å²) < 4.78 is 0. The van der Waals surface area contributed by atoms with Crippen LogP contribution in [0.1, 0.15) is 48.6 Å². The van der Waals surface area contributed by atoms with Crippen molar-refractivity contribution in [3.8, 4) is 0 Å². The van der Waals surface area contributed by atoms with Crippen molar-refractivity contribution in [1.82, 2.24) is 0 Å². The Morgan fingerprint density at radius 3 is 1.71 bits per heavy atom. The molecule has 0 unspecified atom stereocenters. The molecule has 0 aromatic heterocycles. The summed E-state index contributed by atoms with van der Waals surface area (Å²) >= 11 is 0. The Kier molecular flexibility index (Phi) is 2.76. The predicted molar refractivity (Wildman–Crippen MR) is 64.1 cm³/mol. The average molecular weight is 190 g/mol. The fourth-order valence-corrected chi connectivity index (χ4v) is 1.99. The highest BCUT2D eigenvalue weighted by atomic mass is 14.2. The lowest BCUT2D eigenvalue weighted by atomic mass is 9.80. The Morgan fingerprint density at radius 1 is 0.786 bits per heavy atom. The van der Waals surface area contributed by atoms with Crippen molar-refractivity contribution in [2.24, 2.45) is 0 Å². The highest BCUT2D eigenvalue weighted by Gasteiger charge is 2.18. The summed E-state index contributed by atoms with van der Waals surface area (Å²) in [5.41, 5.74) is 7.51. The van der Waals surface area contributed by atoms with E-state index in [1.54, 1.807) is 0 Å². The SMILES string of the molecule is Cc1cc(C(C)(C)C)c(C)c(C)c1C. The van der Waals surface area contributed by atoms with Crippen molar-refractivity contribution in [2.45, 2.75) is 53.9 Å². The first kappa shape index (κ1) is 11.3. The van der Waals surface area contributed by atoms with Gasteiger partial charge in [0, 0.05) is 0 Å². The molecule has 0 N–H and O–H groups in total. The second kappa shape index (κ2) is 3.42. The molecule has 0 aliphatic heterocycles. The standard InChI is InChI=1S/C14H22/c1-9-8-13(14(5,6)7)12(4)11(3)10(9)2/h8H,1-7H3. The number of aryl methyl sites for hydroxylation is 1. The topological polar surface area (TPSA) is 0 Å². The fourth-order valence-electron chi connectivity index (χ4n) is 1.99. The molecule has 0 heteroatoms. The quantitative estimate of drug-likeness (QED) is 0.574. The highest BCUT2D eigenvalue weighted by molar-refractivity contribution is 5.46. The van der Waals surface area contributed by atoms with E-state index < -0.39 is 0 Å². The molecule has 0 nitrogen and oxygen atoms in total. The van der Waals surface area contributed by atoms with E-state index in [1.165, 1.54) is 27.8 Å². The molecule has 0 saturated heterocycles. The number of hydrogen-bond acceptors (Lipinski definition) is 0. The van der Waals surface area contributed by atoms with Crippen molar-refractivity contribution in [3.05, 3.63) is 33.9 Å². The summed E-state index contributed by atoms with van der Waals surface area (Å²) in [5.74, 6) is 0. The first-order valence-electron chi connectivity index (χ1n) is 5.33. The Hall–Kier alpha value is -0.780. The maximum absolute atomic E-state index is 2.34. The molecule has 1 rings (SSSR count). The predicted octanol–water partition coefficient (Wildman–Crippen LogP) is 4.22. The van der Waals surface area contributed by atoms with Crippen LogP contribution < -0.4 is 0 Å². The minimum atomic E-state index is 0.257. The van der Waals surface area contributed by atoms with Gasteiger partial charge in [-0.2, -0.15) is 0 Å². The fraction of sp³-hybridized carbons (Fsp3) is 0.571. The van der Waals surface area contributed by atoms with Gasteiger partial charge < -0.3 is 0 Å². The van der Waals surface area contributed by atoms with Crippen LogP contribution >= 0.6 is 0 Å². The van der Waals surface area contributed by atoms with Gasteiger partial charge >= 0.3 is 0 Å². The van der Waals surface area contributed by atoms with E-state index in [1.807, 2.05) is 0 Å². The molecule has 0 aliphatic rings. The first-order valence-corrected chi connectivity index (χ1v) is 5.33. The summed E-state index contributed by atoms with van der Waals surface area (Å²) in [6.07, 6.45) is 0. The van der Waals surface area contributed by atoms with Gasteiger partial charge in [0.15, 0.2) is 0 Å². The molecule has 0 radical (unpaired) electrons. The van der Waals surface area contributed by atoms with Crippen LogP contribution in [0.15, 0.2) is 6.07 Å². The summed E-state index contributed by atoms with van der Waals surface area (Å²) in [6.45, 7) is 15.7. The van der Waals surface area contributed by atoms with E-state index in [0.29, 0.717) is 0 Å². The molecule has 0 spiro atoms. The maximum atomic E-state index is 2.34. The summed E-state index contributed by atoms with van der Waals surface area (Å²) in [7, 11) is 0. The molecule has 78 valence electrons. The molecule has 0 fully saturated rings. The van der Waals surface area contributed by atoms with Crippen LogP contribution in [-0.2, 0) is 5.41 Å². The molecule has 1 aromatic rings. The van der Waals surface area contributed by atoms with Gasteiger partial charge in [0.1, 0.15) is 0 Å². The van der Waals surface area contributed by atoms with Crippen molar-refractivity contribution >= 4 is 0 Å². The number of hydrogen-bond donors (Lipinski definition) is 0. The van der Waals surface area contributed by atoms with E-state index in [-0.39, 0.29) is 5.41 Å². The average Bonchev–Trinajstić information content (AvgIpc) is 2.06. The summed E-state index contributed by atoms with van der Waals surface area (Å²) in [6, 6.07) is 2.34. The van der Waals surface area contributed by atoms with Gasteiger partial charge in [-0.1, -0.05) is 26.8 Å². The van der Waals surface area contributed by atoms with Crippen LogP contribution in [-0.4, -0.2) is 0 Å². The minimum Gasteiger partial charge on any atom is -0.0561 e. The van der Waals surface area contributed by atoms with Gasteiger partial charge in [0.25, 0.3) is 0 Å². The van der Waals surface area contributed by atoms with Crippen molar-refractivity contribution in [1.29, 1.82) is 0 Å². The van der Waals surface area contributed by atoms with Crippen LogP contribution in [0.4, 0.5) is 0 Å². The van der Waals surface area contributed by atoms with E-state index in [2.05, 4.69) is 54.5 Å². The number of benzene rings is 1. The lowest BCUT2D eigenvalue weighted by molar-refractivity contribution is 0.584. The molecule has 0 atom stereocenters. The van der Waals surface area contributed by atoms with Crippen LogP contribution in [0, 0.1) is 27.7 Å². The largest absolute Gasteiger partial charge is 0.0561 e. The van der Waals surface area contributed by atoms with E-state index in [4.69, 9.17) is 0 Å². The Labute approximate surface area is 88.4 Å². The van der Waals surface area contributed by atoms with Gasteiger partial charge in [-0.05, 0) is 60.9 Å². The molecule has 14 heavy (non-hydrogen) atoms. The van der Waals surface area contributed by atoms with Gasteiger partial charge in [0.2, 0.25) is 0 Å². The van der Waals surface area contributed by atoms with Gasteiger partial charge in [0.05, 0.1) is 0 Å². The molecule has 0 aliphatic carbocycles. The monoisotopic (exact) mass is 190 g/mol. The summed E-state index contributed by atoms with van der Waals surface area (Å²) in [5, 5.41) is 0. The van der Waals surface area contributed by atoms with E-state index in [0.717, 1.165) is 0 Å². The lowest BCUT2D eigenvalue weighted by Gasteiger charge is -2.25. The molecule has 0 amide bonds. The zero-order valence-corrected chi connectivity index (χ0v) is 10.6. The molecular formula is C14H22. The normalized spacial score (nSPS) is 11.9. The van der Waals surface area contributed by atoms with Crippen LogP contribution in [0.25, 0.3) is 0 Å². The Bertz CT molecular complexity index is 351. The van der Waals surface area contributed by atoms with Gasteiger partial charge in [-0.15, -0.1) is 0 Å². The molecule has 0 bridgehead atoms. The van der Waals surface area contributed by atoms with Crippen molar-refractivity contribution in [3.63, 3.8) is 0 Å². The van der Waals surface area contributed by atoms with Crippen LogP contribution in [0.5, 0.6) is 0 Å². The van der Waals surface area contributed by atoms with E-state index >= 15 is 0 Å². The Balaban J connectivity index is 3.49. The third-order valence-corrected chi connectivity index (χ3v) is 3.29. The maximum Gasteiger partial charge on any atom is -0.0129 e. The second-order valence-corrected chi connectivity index (χ2v) is 5.37. The van der Waals surface area contributed by atoms with Crippen LogP contribution in [0.2, 0.25) is 0 Å². The Morgan fingerprint density at radius 2 is 1.29 bits per heavy atom. The summed E-state index contributed by atoms with van der Waals surface area (Å²) in [4.78, 5) is 0. The van der Waals surface area contributed by atoms with Crippen LogP contribution in [0.3, 0.4) is 0 Å². The molecular weight excluding hydrogens is 168 g/mol. The molecule has 1 aromatic carbocycles. The second-order valence-electron chi connectivity index (χ2n) is 5.37. The first-order chi connectivity index (χ1) is 6.25. The van der Waals surface area contributed by atoms with Gasteiger partial charge in [-0.25, -0.2) is 0 Å². The number of rotatable bonds is 0. The third kappa shape index (κ3) is 1.84. The molecule has 0 saturated carbocycles.